The number of ether oxygens (including phenoxy) is 1. The molecule has 1 aromatic heterocycles. The van der Waals surface area contributed by atoms with Crippen LogP contribution in [0.3, 0.4) is 0 Å². The van der Waals surface area contributed by atoms with Crippen LogP contribution in [-0.2, 0) is 11.3 Å². The smallest absolute Gasteiger partial charge is 0.131 e. The van der Waals surface area contributed by atoms with E-state index in [1.165, 1.54) is 6.07 Å². The molecule has 4 heteroatoms. The summed E-state index contributed by atoms with van der Waals surface area (Å²) in [6, 6.07) is 9.16. The van der Waals surface area contributed by atoms with Gasteiger partial charge >= 0.3 is 0 Å². The zero-order chi connectivity index (χ0) is 14.4. The number of benzene rings is 1. The highest BCUT2D eigenvalue weighted by molar-refractivity contribution is 7.13. The first-order valence-electron chi connectivity index (χ1n) is 6.85. The molecule has 0 radical (unpaired) electrons. The van der Waals surface area contributed by atoms with E-state index in [1.807, 2.05) is 43.5 Å². The van der Waals surface area contributed by atoms with Crippen LogP contribution in [-0.4, -0.2) is 19.3 Å². The molecule has 1 aromatic carbocycles. The van der Waals surface area contributed by atoms with Crippen molar-refractivity contribution >= 4 is 11.3 Å². The Bertz CT molecular complexity index is 527. The molecule has 0 aliphatic carbocycles. The summed E-state index contributed by atoms with van der Waals surface area (Å²) in [6.07, 6.45) is 0.192. The normalized spacial score (nSPS) is 12.6. The summed E-state index contributed by atoms with van der Waals surface area (Å²) >= 11 is 1.55. The van der Waals surface area contributed by atoms with Gasteiger partial charge in [0.2, 0.25) is 0 Å². The Morgan fingerprint density at radius 1 is 1.35 bits per heavy atom. The van der Waals surface area contributed by atoms with Crippen molar-refractivity contribution in [1.29, 1.82) is 0 Å². The van der Waals surface area contributed by atoms with Crippen LogP contribution >= 0.6 is 11.3 Å². The van der Waals surface area contributed by atoms with E-state index in [2.05, 4.69) is 5.32 Å². The van der Waals surface area contributed by atoms with Gasteiger partial charge in [0, 0.05) is 30.1 Å². The van der Waals surface area contributed by atoms with Crippen LogP contribution < -0.4 is 5.32 Å². The molecule has 1 atom stereocenters. The molecule has 0 aliphatic rings. The minimum Gasteiger partial charge on any atom is -0.377 e. The molecule has 108 valence electrons. The van der Waals surface area contributed by atoms with E-state index in [-0.39, 0.29) is 11.9 Å². The molecule has 2 rings (SSSR count). The zero-order valence-electron chi connectivity index (χ0n) is 11.9. The highest BCUT2D eigenvalue weighted by Gasteiger charge is 2.07. The molecule has 2 aromatic rings. The Morgan fingerprint density at radius 3 is 2.90 bits per heavy atom. The van der Waals surface area contributed by atoms with E-state index < -0.39 is 0 Å². The van der Waals surface area contributed by atoms with Crippen molar-refractivity contribution in [2.24, 2.45) is 0 Å². The van der Waals surface area contributed by atoms with Gasteiger partial charge in [-0.25, -0.2) is 4.39 Å². The lowest BCUT2D eigenvalue weighted by molar-refractivity contribution is 0.0759. The number of thiophene rings is 1. The number of nitrogens with one attached hydrogen (secondary N) is 1. The summed E-state index contributed by atoms with van der Waals surface area (Å²) in [7, 11) is 0. The van der Waals surface area contributed by atoms with Crippen LogP contribution in [0.25, 0.3) is 10.4 Å². The molecular weight excluding hydrogens is 273 g/mol. The average Bonchev–Trinajstić information content (AvgIpc) is 2.95. The Labute approximate surface area is 123 Å². The minimum absolute atomic E-state index is 0.168. The minimum atomic E-state index is -0.168. The predicted molar refractivity (Wildman–Crippen MR) is 82.5 cm³/mol. The first kappa shape index (κ1) is 15.2. The average molecular weight is 293 g/mol. The molecule has 0 amide bonds. The van der Waals surface area contributed by atoms with Gasteiger partial charge in [-0.05, 0) is 43.0 Å². The van der Waals surface area contributed by atoms with Gasteiger partial charge in [0.1, 0.15) is 5.82 Å². The van der Waals surface area contributed by atoms with Crippen LogP contribution in [0.5, 0.6) is 0 Å². The highest BCUT2D eigenvalue weighted by atomic mass is 32.1. The molecule has 0 saturated carbocycles. The van der Waals surface area contributed by atoms with Gasteiger partial charge in [0.25, 0.3) is 0 Å². The number of hydrogen-bond donors (Lipinski definition) is 1. The molecule has 0 spiro atoms. The summed E-state index contributed by atoms with van der Waals surface area (Å²) in [5, 5.41) is 5.30. The molecule has 1 heterocycles. The van der Waals surface area contributed by atoms with Crippen molar-refractivity contribution in [3.63, 3.8) is 0 Å². The summed E-state index contributed by atoms with van der Waals surface area (Å²) in [5.41, 5.74) is 1.76. The second-order valence-electron chi connectivity index (χ2n) is 4.69. The summed E-state index contributed by atoms with van der Waals surface area (Å²) in [5.74, 6) is -0.168. The molecule has 1 unspecified atom stereocenters. The lowest BCUT2D eigenvalue weighted by Gasteiger charge is -2.13. The van der Waals surface area contributed by atoms with E-state index in [9.17, 15) is 4.39 Å². The van der Waals surface area contributed by atoms with Crippen LogP contribution in [0.15, 0.2) is 35.7 Å². The van der Waals surface area contributed by atoms with Crippen LogP contribution in [0.2, 0.25) is 0 Å². The second kappa shape index (κ2) is 7.53. The Hall–Kier alpha value is -1.23. The predicted octanol–water partition coefficient (Wildman–Crippen LogP) is 4.07. The summed E-state index contributed by atoms with van der Waals surface area (Å²) in [4.78, 5) is 0.965. The van der Waals surface area contributed by atoms with Gasteiger partial charge in [0.15, 0.2) is 0 Å². The van der Waals surface area contributed by atoms with Gasteiger partial charge in [-0.2, -0.15) is 0 Å². The zero-order valence-corrected chi connectivity index (χ0v) is 12.7. The van der Waals surface area contributed by atoms with Crippen molar-refractivity contribution in [2.45, 2.75) is 26.5 Å². The van der Waals surface area contributed by atoms with Gasteiger partial charge in [-0.15, -0.1) is 11.3 Å². The lowest BCUT2D eigenvalue weighted by Crippen LogP contribution is -2.26. The van der Waals surface area contributed by atoms with E-state index >= 15 is 0 Å². The molecule has 0 bridgehead atoms. The Kier molecular flexibility index (Phi) is 5.71. The van der Waals surface area contributed by atoms with E-state index in [1.54, 1.807) is 11.3 Å². The van der Waals surface area contributed by atoms with Gasteiger partial charge in [-0.3, -0.25) is 0 Å². The maximum Gasteiger partial charge on any atom is 0.131 e. The largest absolute Gasteiger partial charge is 0.377 e. The molecule has 2 nitrogen and oxygen atoms in total. The number of rotatable bonds is 7. The van der Waals surface area contributed by atoms with E-state index in [0.717, 1.165) is 30.1 Å². The fourth-order valence-corrected chi connectivity index (χ4v) is 2.81. The third-order valence-electron chi connectivity index (χ3n) is 3.03. The third-order valence-corrected chi connectivity index (χ3v) is 3.93. The molecule has 0 saturated heterocycles. The molecule has 1 N–H and O–H groups in total. The second-order valence-corrected chi connectivity index (χ2v) is 5.64. The first-order valence-corrected chi connectivity index (χ1v) is 7.73. The third kappa shape index (κ3) is 4.13. The number of hydrogen-bond acceptors (Lipinski definition) is 3. The molecule has 20 heavy (non-hydrogen) atoms. The summed E-state index contributed by atoms with van der Waals surface area (Å²) in [6.45, 7) is 6.26. The van der Waals surface area contributed by atoms with Gasteiger partial charge in [0.05, 0.1) is 6.10 Å². The highest BCUT2D eigenvalue weighted by Crippen LogP contribution is 2.28. The fraction of sp³-hybridized carbons (Fsp3) is 0.375. The fourth-order valence-electron chi connectivity index (χ4n) is 2.07. The Balaban J connectivity index is 1.98. The molecule has 0 aliphatic heterocycles. The quantitative estimate of drug-likeness (QED) is 0.831. The van der Waals surface area contributed by atoms with Crippen molar-refractivity contribution < 1.29 is 9.13 Å². The van der Waals surface area contributed by atoms with E-state index in [0.29, 0.717) is 5.56 Å². The van der Waals surface area contributed by atoms with E-state index in [4.69, 9.17) is 4.74 Å². The monoisotopic (exact) mass is 293 g/mol. The SMILES string of the molecule is CCOC(C)CNCc1ccc(F)c(-c2cccs2)c1. The number of halogens is 1. The van der Waals surface area contributed by atoms with Crippen LogP contribution in [0, 0.1) is 5.82 Å². The van der Waals surface area contributed by atoms with Crippen molar-refractivity contribution in [2.75, 3.05) is 13.2 Å². The van der Waals surface area contributed by atoms with Crippen LogP contribution in [0.4, 0.5) is 4.39 Å². The standard InChI is InChI=1S/C16H20FNOS/c1-3-19-12(2)10-18-11-13-6-7-15(17)14(9-13)16-5-4-8-20-16/h4-9,12,18H,3,10-11H2,1-2H3. The van der Waals surface area contributed by atoms with Gasteiger partial charge in [-0.1, -0.05) is 12.1 Å². The van der Waals surface area contributed by atoms with Gasteiger partial charge < -0.3 is 10.1 Å². The van der Waals surface area contributed by atoms with Crippen molar-refractivity contribution in [3.05, 3.63) is 47.1 Å². The first-order chi connectivity index (χ1) is 9.70. The maximum absolute atomic E-state index is 13.8. The molecule has 0 fully saturated rings. The van der Waals surface area contributed by atoms with Crippen molar-refractivity contribution in [3.8, 4) is 10.4 Å². The Morgan fingerprint density at radius 2 is 2.20 bits per heavy atom. The topological polar surface area (TPSA) is 21.3 Å². The maximum atomic E-state index is 13.8. The van der Waals surface area contributed by atoms with Crippen molar-refractivity contribution in [1.82, 2.24) is 5.32 Å². The lowest BCUT2D eigenvalue weighted by atomic mass is 10.1. The molecular formula is C16H20FNOS. The van der Waals surface area contributed by atoms with Crippen LogP contribution in [0.1, 0.15) is 19.4 Å². The summed E-state index contributed by atoms with van der Waals surface area (Å²) < 4.78 is 19.3.